The number of Topliss-reactive ketones (excluding diaryl/α,β-unsaturated/α-hetero) is 1. The number of nitriles is 1. The zero-order valence-corrected chi connectivity index (χ0v) is 13.4. The van der Waals surface area contributed by atoms with Crippen LogP contribution in [0.15, 0.2) is 54.6 Å². The number of amides is 1. The van der Waals surface area contributed by atoms with Gasteiger partial charge in [0.25, 0.3) is 5.91 Å². The molecule has 1 atom stereocenters. The van der Waals surface area contributed by atoms with Crippen molar-refractivity contribution in [2.75, 3.05) is 6.61 Å². The standard InChI is InChI=1S/C19H18N2O3/c1-14(22)18(11-15-6-3-2-4-7-15)21-19(23)13-24-17-9-5-8-16(10-17)12-20/h2-10,18H,11,13H2,1H3,(H,21,23). The summed E-state index contributed by atoms with van der Waals surface area (Å²) in [6.45, 7) is 1.23. The first-order valence-corrected chi connectivity index (χ1v) is 7.55. The van der Waals surface area contributed by atoms with Gasteiger partial charge in [-0.25, -0.2) is 0 Å². The van der Waals surface area contributed by atoms with Crippen molar-refractivity contribution in [3.63, 3.8) is 0 Å². The van der Waals surface area contributed by atoms with E-state index in [4.69, 9.17) is 10.00 Å². The summed E-state index contributed by atoms with van der Waals surface area (Å²) in [5.74, 6) is -0.0567. The molecule has 1 N–H and O–H groups in total. The minimum Gasteiger partial charge on any atom is -0.484 e. The maximum Gasteiger partial charge on any atom is 0.258 e. The molecule has 0 heterocycles. The van der Waals surface area contributed by atoms with E-state index in [0.29, 0.717) is 17.7 Å². The summed E-state index contributed by atoms with van der Waals surface area (Å²) in [7, 11) is 0. The molecule has 0 aliphatic rings. The predicted molar refractivity (Wildman–Crippen MR) is 89.4 cm³/mol. The van der Waals surface area contributed by atoms with Gasteiger partial charge in [0.15, 0.2) is 12.4 Å². The van der Waals surface area contributed by atoms with Gasteiger partial charge >= 0.3 is 0 Å². The van der Waals surface area contributed by atoms with Crippen molar-refractivity contribution in [1.82, 2.24) is 5.32 Å². The average Bonchev–Trinajstić information content (AvgIpc) is 2.60. The maximum atomic E-state index is 12.0. The fraction of sp³-hybridized carbons (Fsp3) is 0.211. The highest BCUT2D eigenvalue weighted by Crippen LogP contribution is 2.12. The molecule has 0 aliphatic heterocycles. The molecule has 122 valence electrons. The number of nitrogens with one attached hydrogen (secondary N) is 1. The van der Waals surface area contributed by atoms with Crippen LogP contribution in [0.3, 0.4) is 0 Å². The van der Waals surface area contributed by atoms with Crippen LogP contribution in [0.4, 0.5) is 0 Å². The number of hydrogen-bond acceptors (Lipinski definition) is 4. The van der Waals surface area contributed by atoms with Crippen LogP contribution in [0.1, 0.15) is 18.1 Å². The number of benzene rings is 2. The molecule has 2 aromatic carbocycles. The molecular weight excluding hydrogens is 304 g/mol. The minimum absolute atomic E-state index is 0.112. The molecular formula is C19H18N2O3. The van der Waals surface area contributed by atoms with Crippen LogP contribution in [0, 0.1) is 11.3 Å². The molecule has 5 nitrogen and oxygen atoms in total. The van der Waals surface area contributed by atoms with E-state index in [2.05, 4.69) is 5.32 Å². The molecule has 0 bridgehead atoms. The first kappa shape index (κ1) is 17.2. The molecule has 24 heavy (non-hydrogen) atoms. The Morgan fingerprint density at radius 2 is 1.92 bits per heavy atom. The lowest BCUT2D eigenvalue weighted by Crippen LogP contribution is -2.43. The number of carbonyl (C=O) groups excluding carboxylic acids is 2. The van der Waals surface area contributed by atoms with E-state index >= 15 is 0 Å². The largest absolute Gasteiger partial charge is 0.484 e. The third kappa shape index (κ3) is 5.25. The summed E-state index contributed by atoms with van der Waals surface area (Å²) in [5, 5.41) is 11.5. The Bertz CT molecular complexity index is 751. The second-order valence-corrected chi connectivity index (χ2v) is 5.35. The summed E-state index contributed by atoms with van der Waals surface area (Å²) in [6, 6.07) is 17.5. The van der Waals surface area contributed by atoms with Crippen molar-refractivity contribution in [2.24, 2.45) is 0 Å². The second-order valence-electron chi connectivity index (χ2n) is 5.35. The zero-order valence-electron chi connectivity index (χ0n) is 13.4. The Balaban J connectivity index is 1.91. The monoisotopic (exact) mass is 322 g/mol. The van der Waals surface area contributed by atoms with Crippen LogP contribution in [0.25, 0.3) is 0 Å². The molecule has 0 saturated carbocycles. The van der Waals surface area contributed by atoms with Gasteiger partial charge < -0.3 is 10.1 Å². The quantitative estimate of drug-likeness (QED) is 0.848. The molecule has 0 fully saturated rings. The van der Waals surface area contributed by atoms with Gasteiger partial charge in [0.1, 0.15) is 5.75 Å². The summed E-state index contributed by atoms with van der Waals surface area (Å²) >= 11 is 0. The van der Waals surface area contributed by atoms with Gasteiger partial charge in [-0.3, -0.25) is 9.59 Å². The van der Waals surface area contributed by atoms with Crippen molar-refractivity contribution in [3.05, 3.63) is 65.7 Å². The summed E-state index contributed by atoms with van der Waals surface area (Å²) < 4.78 is 5.37. The van der Waals surface area contributed by atoms with Crippen LogP contribution >= 0.6 is 0 Å². The zero-order chi connectivity index (χ0) is 17.4. The van der Waals surface area contributed by atoms with E-state index in [1.165, 1.54) is 6.92 Å². The molecule has 0 radical (unpaired) electrons. The highest BCUT2D eigenvalue weighted by molar-refractivity contribution is 5.88. The number of ketones is 1. The SMILES string of the molecule is CC(=O)C(Cc1ccccc1)NC(=O)COc1cccc(C#N)c1. The van der Waals surface area contributed by atoms with Crippen molar-refractivity contribution in [2.45, 2.75) is 19.4 Å². The fourth-order valence-corrected chi connectivity index (χ4v) is 2.19. The van der Waals surface area contributed by atoms with Gasteiger partial charge in [0.05, 0.1) is 17.7 Å². The smallest absolute Gasteiger partial charge is 0.258 e. The molecule has 0 spiro atoms. The highest BCUT2D eigenvalue weighted by atomic mass is 16.5. The van der Waals surface area contributed by atoms with Crippen LogP contribution in [-0.2, 0) is 16.0 Å². The van der Waals surface area contributed by atoms with E-state index in [1.807, 2.05) is 36.4 Å². The molecule has 0 aromatic heterocycles. The summed E-state index contributed by atoms with van der Waals surface area (Å²) in [4.78, 5) is 23.8. The average molecular weight is 322 g/mol. The van der Waals surface area contributed by atoms with Gasteiger partial charge in [-0.1, -0.05) is 36.4 Å². The normalized spacial score (nSPS) is 11.2. The predicted octanol–water partition coefficient (Wildman–Crippen LogP) is 2.25. The molecule has 2 rings (SSSR count). The van der Waals surface area contributed by atoms with Crippen molar-refractivity contribution in [3.8, 4) is 11.8 Å². The van der Waals surface area contributed by atoms with Crippen molar-refractivity contribution in [1.29, 1.82) is 5.26 Å². The number of carbonyl (C=O) groups is 2. The van der Waals surface area contributed by atoms with E-state index in [-0.39, 0.29) is 18.3 Å². The third-order valence-corrected chi connectivity index (χ3v) is 3.44. The highest BCUT2D eigenvalue weighted by Gasteiger charge is 2.17. The number of ether oxygens (including phenoxy) is 1. The Hall–Kier alpha value is -3.13. The lowest BCUT2D eigenvalue weighted by atomic mass is 10.0. The van der Waals surface area contributed by atoms with Crippen LogP contribution < -0.4 is 10.1 Å². The Morgan fingerprint density at radius 1 is 1.17 bits per heavy atom. The molecule has 5 heteroatoms. The topological polar surface area (TPSA) is 79.2 Å². The molecule has 0 aliphatic carbocycles. The summed E-state index contributed by atoms with van der Waals surface area (Å²) in [5.41, 5.74) is 1.43. The van der Waals surface area contributed by atoms with E-state index in [0.717, 1.165) is 5.56 Å². The van der Waals surface area contributed by atoms with Gasteiger partial charge in [-0.05, 0) is 37.1 Å². The Kier molecular flexibility index (Phi) is 6.09. The Labute approximate surface area is 140 Å². The van der Waals surface area contributed by atoms with Crippen LogP contribution in [0.2, 0.25) is 0 Å². The lowest BCUT2D eigenvalue weighted by molar-refractivity contribution is -0.128. The van der Waals surface area contributed by atoms with Crippen LogP contribution in [-0.4, -0.2) is 24.3 Å². The maximum absolute atomic E-state index is 12.0. The van der Waals surface area contributed by atoms with Gasteiger partial charge in [0.2, 0.25) is 0 Å². The van der Waals surface area contributed by atoms with Gasteiger partial charge in [-0.15, -0.1) is 0 Å². The van der Waals surface area contributed by atoms with E-state index in [1.54, 1.807) is 24.3 Å². The first-order chi connectivity index (χ1) is 11.6. The molecule has 0 saturated heterocycles. The Morgan fingerprint density at radius 3 is 2.58 bits per heavy atom. The number of rotatable bonds is 7. The minimum atomic E-state index is -0.589. The third-order valence-electron chi connectivity index (χ3n) is 3.44. The van der Waals surface area contributed by atoms with Crippen molar-refractivity contribution < 1.29 is 14.3 Å². The number of hydrogen-bond donors (Lipinski definition) is 1. The fourth-order valence-electron chi connectivity index (χ4n) is 2.19. The summed E-state index contributed by atoms with van der Waals surface area (Å²) in [6.07, 6.45) is 0.436. The molecule has 1 amide bonds. The van der Waals surface area contributed by atoms with Gasteiger partial charge in [-0.2, -0.15) is 5.26 Å². The van der Waals surface area contributed by atoms with Crippen molar-refractivity contribution >= 4 is 11.7 Å². The van der Waals surface area contributed by atoms with E-state index < -0.39 is 6.04 Å². The lowest BCUT2D eigenvalue weighted by Gasteiger charge is -2.16. The first-order valence-electron chi connectivity index (χ1n) is 7.55. The number of nitrogens with zero attached hydrogens (tertiary/aromatic N) is 1. The second kappa shape index (κ2) is 8.49. The molecule has 2 aromatic rings. The van der Waals surface area contributed by atoms with Crippen LogP contribution in [0.5, 0.6) is 5.75 Å². The van der Waals surface area contributed by atoms with E-state index in [9.17, 15) is 9.59 Å². The van der Waals surface area contributed by atoms with Gasteiger partial charge in [0, 0.05) is 0 Å². The molecule has 1 unspecified atom stereocenters.